The lowest BCUT2D eigenvalue weighted by molar-refractivity contribution is 0.622. The third-order valence-corrected chi connectivity index (χ3v) is 2.46. The van der Waals surface area contributed by atoms with Crippen LogP contribution in [0.3, 0.4) is 0 Å². The third kappa shape index (κ3) is 2.57. The normalized spacial score (nSPS) is 10.4. The Morgan fingerprint density at radius 3 is 2.74 bits per heavy atom. The Bertz CT molecular complexity index is 664. The summed E-state index contributed by atoms with van der Waals surface area (Å²) in [5.41, 5.74) is 0. The Labute approximate surface area is 108 Å². The smallest absolute Gasteiger partial charge is 0.155 e. The summed E-state index contributed by atoms with van der Waals surface area (Å²) in [6, 6.07) is 10.2. The summed E-state index contributed by atoms with van der Waals surface area (Å²) in [5.74, 6) is 1.47. The molecule has 0 unspecified atom stereocenters. The fraction of sp³-hybridized carbons (Fsp3) is 0. The van der Waals surface area contributed by atoms with Gasteiger partial charge in [-0.15, -0.1) is 0 Å². The highest BCUT2D eigenvalue weighted by Gasteiger charge is 2.01. The topological polar surface area (TPSA) is 55.6 Å². The van der Waals surface area contributed by atoms with Gasteiger partial charge >= 0.3 is 0 Å². The van der Waals surface area contributed by atoms with Crippen LogP contribution in [-0.2, 0) is 0 Å². The highest BCUT2D eigenvalue weighted by atomic mass is 19.1. The standard InChI is InChI=1S/C13H10FN5/c14-10-5-6-11(15-9-10)17-12-3-1-4-13(18-12)19-8-2-7-16-19/h1-9H,(H,15,17,18). The second kappa shape index (κ2) is 4.85. The lowest BCUT2D eigenvalue weighted by Crippen LogP contribution is -2.01. The molecule has 0 amide bonds. The molecule has 6 heteroatoms. The van der Waals surface area contributed by atoms with Gasteiger partial charge in [-0.2, -0.15) is 5.10 Å². The van der Waals surface area contributed by atoms with Gasteiger partial charge in [-0.1, -0.05) is 6.07 Å². The van der Waals surface area contributed by atoms with Gasteiger partial charge in [0, 0.05) is 12.4 Å². The maximum atomic E-state index is 12.8. The van der Waals surface area contributed by atoms with E-state index in [0.29, 0.717) is 17.5 Å². The Kier molecular flexibility index (Phi) is 2.89. The largest absolute Gasteiger partial charge is 0.325 e. The molecule has 1 N–H and O–H groups in total. The van der Waals surface area contributed by atoms with E-state index in [2.05, 4.69) is 20.4 Å². The number of halogens is 1. The van der Waals surface area contributed by atoms with Gasteiger partial charge in [-0.25, -0.2) is 19.0 Å². The van der Waals surface area contributed by atoms with Gasteiger partial charge in [0.2, 0.25) is 0 Å². The first-order chi connectivity index (χ1) is 9.31. The van der Waals surface area contributed by atoms with Crippen molar-refractivity contribution in [3.05, 3.63) is 60.8 Å². The predicted octanol–water partition coefficient (Wildman–Crippen LogP) is 2.54. The number of hydrogen-bond donors (Lipinski definition) is 1. The van der Waals surface area contributed by atoms with Gasteiger partial charge < -0.3 is 5.32 Å². The molecule has 0 aliphatic heterocycles. The SMILES string of the molecule is Fc1ccc(Nc2cccc(-n3cccn3)n2)nc1. The number of anilines is 2. The maximum Gasteiger partial charge on any atom is 0.155 e. The number of nitrogens with zero attached hydrogens (tertiary/aromatic N) is 4. The van der Waals surface area contributed by atoms with Crippen molar-refractivity contribution in [2.45, 2.75) is 0 Å². The van der Waals surface area contributed by atoms with Crippen LogP contribution in [0.4, 0.5) is 16.0 Å². The summed E-state index contributed by atoms with van der Waals surface area (Å²) < 4.78 is 14.4. The van der Waals surface area contributed by atoms with Crippen molar-refractivity contribution in [1.82, 2.24) is 19.7 Å². The van der Waals surface area contributed by atoms with Crippen LogP contribution >= 0.6 is 0 Å². The lowest BCUT2D eigenvalue weighted by atomic mass is 10.4. The highest BCUT2D eigenvalue weighted by molar-refractivity contribution is 5.52. The Morgan fingerprint density at radius 2 is 2.00 bits per heavy atom. The van der Waals surface area contributed by atoms with Crippen molar-refractivity contribution in [3.8, 4) is 5.82 Å². The molecule has 0 bridgehead atoms. The van der Waals surface area contributed by atoms with Gasteiger partial charge in [0.15, 0.2) is 5.82 Å². The van der Waals surface area contributed by atoms with E-state index in [-0.39, 0.29) is 5.82 Å². The number of nitrogens with one attached hydrogen (secondary N) is 1. The van der Waals surface area contributed by atoms with Crippen molar-refractivity contribution in [2.24, 2.45) is 0 Å². The summed E-state index contributed by atoms with van der Waals surface area (Å²) in [4.78, 5) is 8.31. The molecule has 0 radical (unpaired) electrons. The molecule has 19 heavy (non-hydrogen) atoms. The van der Waals surface area contributed by atoms with Crippen LogP contribution in [0.25, 0.3) is 5.82 Å². The predicted molar refractivity (Wildman–Crippen MR) is 68.8 cm³/mol. The molecule has 0 saturated heterocycles. The lowest BCUT2D eigenvalue weighted by Gasteiger charge is -2.06. The molecule has 3 rings (SSSR count). The summed E-state index contributed by atoms with van der Waals surface area (Å²) in [5, 5.41) is 7.11. The van der Waals surface area contributed by atoms with E-state index < -0.39 is 0 Å². The fourth-order valence-electron chi connectivity index (χ4n) is 1.61. The van der Waals surface area contributed by atoms with Crippen molar-refractivity contribution < 1.29 is 4.39 Å². The molecule has 3 aromatic heterocycles. The first-order valence-electron chi connectivity index (χ1n) is 5.67. The molecule has 0 atom stereocenters. The molecule has 3 aromatic rings. The van der Waals surface area contributed by atoms with Crippen LogP contribution in [0.2, 0.25) is 0 Å². The van der Waals surface area contributed by atoms with E-state index in [1.54, 1.807) is 23.0 Å². The van der Waals surface area contributed by atoms with Gasteiger partial charge in [0.25, 0.3) is 0 Å². The molecular weight excluding hydrogens is 245 g/mol. The van der Waals surface area contributed by atoms with Crippen LogP contribution in [0.15, 0.2) is 55.0 Å². The molecule has 0 spiro atoms. The van der Waals surface area contributed by atoms with Crippen molar-refractivity contribution >= 4 is 11.6 Å². The van der Waals surface area contributed by atoms with Gasteiger partial charge in [-0.05, 0) is 30.3 Å². The van der Waals surface area contributed by atoms with E-state index in [4.69, 9.17) is 0 Å². The Hall–Kier alpha value is -2.76. The summed E-state index contributed by atoms with van der Waals surface area (Å²) in [7, 11) is 0. The minimum Gasteiger partial charge on any atom is -0.325 e. The molecule has 94 valence electrons. The molecule has 0 aliphatic carbocycles. The van der Waals surface area contributed by atoms with Gasteiger partial charge in [0.05, 0.1) is 6.20 Å². The van der Waals surface area contributed by atoms with E-state index in [9.17, 15) is 4.39 Å². The number of hydrogen-bond acceptors (Lipinski definition) is 4. The van der Waals surface area contributed by atoms with Crippen LogP contribution in [0, 0.1) is 5.82 Å². The van der Waals surface area contributed by atoms with Gasteiger partial charge in [0.1, 0.15) is 17.5 Å². The maximum absolute atomic E-state index is 12.8. The molecule has 0 fully saturated rings. The minimum atomic E-state index is -0.371. The quantitative estimate of drug-likeness (QED) is 0.781. The van der Waals surface area contributed by atoms with Crippen LogP contribution in [0.5, 0.6) is 0 Å². The highest BCUT2D eigenvalue weighted by Crippen LogP contribution is 2.13. The number of rotatable bonds is 3. The van der Waals surface area contributed by atoms with Crippen LogP contribution < -0.4 is 5.32 Å². The summed E-state index contributed by atoms with van der Waals surface area (Å²) >= 11 is 0. The third-order valence-electron chi connectivity index (χ3n) is 2.46. The second-order valence-corrected chi connectivity index (χ2v) is 3.82. The molecule has 0 aliphatic rings. The van der Waals surface area contributed by atoms with Crippen LogP contribution in [0.1, 0.15) is 0 Å². The number of aromatic nitrogens is 4. The summed E-state index contributed by atoms with van der Waals surface area (Å²) in [6.45, 7) is 0. The second-order valence-electron chi connectivity index (χ2n) is 3.82. The summed E-state index contributed by atoms with van der Waals surface area (Å²) in [6.07, 6.45) is 4.64. The Balaban J connectivity index is 1.85. The fourth-order valence-corrected chi connectivity index (χ4v) is 1.61. The monoisotopic (exact) mass is 255 g/mol. The molecule has 0 aromatic carbocycles. The van der Waals surface area contributed by atoms with Crippen molar-refractivity contribution in [1.29, 1.82) is 0 Å². The van der Waals surface area contributed by atoms with E-state index in [1.807, 2.05) is 24.4 Å². The zero-order valence-corrected chi connectivity index (χ0v) is 9.86. The van der Waals surface area contributed by atoms with Crippen LogP contribution in [-0.4, -0.2) is 19.7 Å². The zero-order valence-electron chi connectivity index (χ0n) is 9.86. The minimum absolute atomic E-state index is 0.371. The van der Waals surface area contributed by atoms with E-state index in [0.717, 1.165) is 6.20 Å². The van der Waals surface area contributed by atoms with Crippen molar-refractivity contribution in [3.63, 3.8) is 0 Å². The molecule has 5 nitrogen and oxygen atoms in total. The first-order valence-corrected chi connectivity index (χ1v) is 5.67. The average molecular weight is 255 g/mol. The Morgan fingerprint density at radius 1 is 1.05 bits per heavy atom. The van der Waals surface area contributed by atoms with E-state index >= 15 is 0 Å². The molecular formula is C13H10FN5. The average Bonchev–Trinajstić information content (AvgIpc) is 2.96. The number of pyridine rings is 2. The first kappa shape index (κ1) is 11.3. The van der Waals surface area contributed by atoms with Gasteiger partial charge in [-0.3, -0.25) is 0 Å². The van der Waals surface area contributed by atoms with Crippen molar-refractivity contribution in [2.75, 3.05) is 5.32 Å². The zero-order chi connectivity index (χ0) is 13.1. The van der Waals surface area contributed by atoms with E-state index in [1.165, 1.54) is 6.07 Å². The molecule has 3 heterocycles. The molecule has 0 saturated carbocycles.